The molecule has 0 saturated heterocycles. The monoisotopic (exact) mass is 242 g/mol. The predicted molar refractivity (Wildman–Crippen MR) is 70.9 cm³/mol. The zero-order chi connectivity index (χ0) is 12.1. The normalized spacial score (nSPS) is 11.3. The van der Waals surface area contributed by atoms with E-state index in [1.807, 2.05) is 18.7 Å². The molecular weight excluding hydrogens is 220 g/mol. The average Bonchev–Trinajstić information content (AvgIpc) is 2.50. The van der Waals surface area contributed by atoms with E-state index in [9.17, 15) is 0 Å². The van der Waals surface area contributed by atoms with Gasteiger partial charge in [0.1, 0.15) is 5.03 Å². The first kappa shape index (κ1) is 13.4. The molecule has 4 nitrogen and oxygen atoms in total. The third-order valence-electron chi connectivity index (χ3n) is 2.75. The van der Waals surface area contributed by atoms with Gasteiger partial charge in [-0.25, -0.2) is 0 Å². The number of thioether (sulfide) groups is 1. The van der Waals surface area contributed by atoms with Gasteiger partial charge in [0.05, 0.1) is 11.4 Å². The van der Waals surface area contributed by atoms with Crippen molar-refractivity contribution in [1.82, 2.24) is 14.7 Å². The van der Waals surface area contributed by atoms with E-state index in [4.69, 9.17) is 5.73 Å². The maximum atomic E-state index is 5.97. The van der Waals surface area contributed by atoms with Gasteiger partial charge in [-0.15, -0.1) is 11.8 Å². The fraction of sp³-hybridized carbons (Fsp3) is 0.727. The molecule has 5 heteroatoms. The summed E-state index contributed by atoms with van der Waals surface area (Å²) in [6, 6.07) is 0. The largest absolute Gasteiger partial charge is 0.395 e. The molecular formula is C11H22N4S. The Labute approximate surface area is 102 Å². The highest BCUT2D eigenvalue weighted by Gasteiger charge is 2.10. The van der Waals surface area contributed by atoms with E-state index in [0.717, 1.165) is 41.8 Å². The van der Waals surface area contributed by atoms with Gasteiger partial charge in [-0.05, 0) is 20.0 Å². The van der Waals surface area contributed by atoms with Gasteiger partial charge in [0.25, 0.3) is 0 Å². The minimum atomic E-state index is 0.826. The number of hydrogen-bond acceptors (Lipinski definition) is 4. The van der Waals surface area contributed by atoms with Crippen molar-refractivity contribution in [2.24, 2.45) is 7.05 Å². The molecule has 0 aliphatic carbocycles. The van der Waals surface area contributed by atoms with Crippen molar-refractivity contribution in [3.63, 3.8) is 0 Å². The van der Waals surface area contributed by atoms with Crippen LogP contribution in [-0.2, 0) is 7.05 Å². The lowest BCUT2D eigenvalue weighted by Crippen LogP contribution is -2.25. The molecule has 0 radical (unpaired) electrons. The fourth-order valence-corrected chi connectivity index (χ4v) is 2.71. The van der Waals surface area contributed by atoms with E-state index in [2.05, 4.69) is 23.8 Å². The molecule has 0 aromatic carbocycles. The molecule has 1 aromatic rings. The van der Waals surface area contributed by atoms with Gasteiger partial charge in [-0.3, -0.25) is 4.68 Å². The van der Waals surface area contributed by atoms with E-state index >= 15 is 0 Å². The van der Waals surface area contributed by atoms with Crippen LogP contribution in [0.5, 0.6) is 0 Å². The van der Waals surface area contributed by atoms with Crippen LogP contribution in [0.4, 0.5) is 5.69 Å². The Kier molecular flexibility index (Phi) is 5.15. The zero-order valence-corrected chi connectivity index (χ0v) is 11.5. The molecule has 0 fully saturated rings. The first-order chi connectivity index (χ1) is 7.60. The van der Waals surface area contributed by atoms with Crippen LogP contribution in [0.2, 0.25) is 0 Å². The Bertz CT molecular complexity index is 331. The van der Waals surface area contributed by atoms with Gasteiger partial charge in [0, 0.05) is 19.3 Å². The molecule has 1 heterocycles. The van der Waals surface area contributed by atoms with E-state index in [-0.39, 0.29) is 0 Å². The number of aromatic nitrogens is 2. The zero-order valence-electron chi connectivity index (χ0n) is 10.7. The minimum Gasteiger partial charge on any atom is -0.395 e. The number of hydrogen-bond donors (Lipinski definition) is 1. The lowest BCUT2D eigenvalue weighted by Gasteiger charge is -2.17. The van der Waals surface area contributed by atoms with E-state index in [1.165, 1.54) is 0 Å². The van der Waals surface area contributed by atoms with Crippen molar-refractivity contribution in [3.05, 3.63) is 5.69 Å². The smallest absolute Gasteiger partial charge is 0.117 e. The molecule has 0 atom stereocenters. The second kappa shape index (κ2) is 6.15. The molecule has 2 N–H and O–H groups in total. The number of aryl methyl sites for hydroxylation is 2. The Balaban J connectivity index is 2.48. The van der Waals surface area contributed by atoms with Crippen LogP contribution >= 0.6 is 11.8 Å². The summed E-state index contributed by atoms with van der Waals surface area (Å²) in [6.45, 7) is 9.65. The van der Waals surface area contributed by atoms with Gasteiger partial charge >= 0.3 is 0 Å². The summed E-state index contributed by atoms with van der Waals surface area (Å²) in [6.07, 6.45) is 0. The summed E-state index contributed by atoms with van der Waals surface area (Å²) in [5.74, 6) is 1.06. The van der Waals surface area contributed by atoms with E-state index in [1.54, 1.807) is 11.8 Å². The van der Waals surface area contributed by atoms with Crippen molar-refractivity contribution in [3.8, 4) is 0 Å². The summed E-state index contributed by atoms with van der Waals surface area (Å²) in [5.41, 5.74) is 7.72. The fourth-order valence-electron chi connectivity index (χ4n) is 1.64. The Morgan fingerprint density at radius 3 is 2.44 bits per heavy atom. The van der Waals surface area contributed by atoms with Gasteiger partial charge < -0.3 is 10.6 Å². The molecule has 0 unspecified atom stereocenters. The van der Waals surface area contributed by atoms with Crippen LogP contribution in [-0.4, -0.2) is 40.1 Å². The molecule has 0 spiro atoms. The van der Waals surface area contributed by atoms with Crippen molar-refractivity contribution in [2.75, 3.05) is 31.1 Å². The lowest BCUT2D eigenvalue weighted by atomic mass is 10.4. The summed E-state index contributed by atoms with van der Waals surface area (Å²) < 4.78 is 1.87. The van der Waals surface area contributed by atoms with Gasteiger partial charge in [0.15, 0.2) is 0 Å². The highest BCUT2D eigenvalue weighted by molar-refractivity contribution is 7.99. The van der Waals surface area contributed by atoms with Crippen LogP contribution < -0.4 is 5.73 Å². The molecule has 0 saturated carbocycles. The van der Waals surface area contributed by atoms with E-state index in [0.29, 0.717) is 0 Å². The molecule has 0 aliphatic rings. The Morgan fingerprint density at radius 1 is 1.38 bits per heavy atom. The van der Waals surface area contributed by atoms with Crippen molar-refractivity contribution < 1.29 is 0 Å². The van der Waals surface area contributed by atoms with Crippen molar-refractivity contribution in [1.29, 1.82) is 0 Å². The maximum Gasteiger partial charge on any atom is 0.117 e. The highest BCUT2D eigenvalue weighted by Crippen LogP contribution is 2.26. The third-order valence-corrected chi connectivity index (χ3v) is 3.90. The van der Waals surface area contributed by atoms with Gasteiger partial charge in [-0.2, -0.15) is 5.10 Å². The summed E-state index contributed by atoms with van der Waals surface area (Å²) in [5, 5.41) is 5.39. The maximum absolute atomic E-state index is 5.97. The number of nitrogen functional groups attached to an aromatic ring is 1. The van der Waals surface area contributed by atoms with E-state index < -0.39 is 0 Å². The predicted octanol–water partition coefficient (Wildman–Crippen LogP) is 1.74. The first-order valence-corrected chi connectivity index (χ1v) is 6.72. The Hall–Kier alpha value is -0.680. The Morgan fingerprint density at radius 2 is 2.00 bits per heavy atom. The molecule has 1 rings (SSSR count). The molecule has 92 valence electrons. The van der Waals surface area contributed by atoms with Gasteiger partial charge in [-0.1, -0.05) is 13.8 Å². The van der Waals surface area contributed by atoms with Crippen molar-refractivity contribution >= 4 is 17.4 Å². The summed E-state index contributed by atoms with van der Waals surface area (Å²) >= 11 is 1.79. The van der Waals surface area contributed by atoms with Crippen LogP contribution in [0.15, 0.2) is 5.03 Å². The van der Waals surface area contributed by atoms with Crippen LogP contribution in [0, 0.1) is 6.92 Å². The van der Waals surface area contributed by atoms with Crippen molar-refractivity contribution in [2.45, 2.75) is 25.8 Å². The number of rotatable bonds is 6. The molecule has 16 heavy (non-hydrogen) atoms. The quantitative estimate of drug-likeness (QED) is 0.772. The van der Waals surface area contributed by atoms with Gasteiger partial charge in [0.2, 0.25) is 0 Å². The SMILES string of the molecule is CCN(CC)CCSc1c(N)c(C)nn1C. The average molecular weight is 242 g/mol. The topological polar surface area (TPSA) is 47.1 Å². The standard InChI is InChI=1S/C11H22N4S/c1-5-15(6-2)7-8-16-11-10(12)9(3)13-14(11)4/h5-8,12H2,1-4H3. The third kappa shape index (κ3) is 3.15. The van der Waals surface area contributed by atoms with Crippen LogP contribution in [0.1, 0.15) is 19.5 Å². The molecule has 1 aromatic heterocycles. The highest BCUT2D eigenvalue weighted by atomic mass is 32.2. The number of nitrogens with zero attached hydrogens (tertiary/aromatic N) is 3. The summed E-state index contributed by atoms with van der Waals surface area (Å²) in [7, 11) is 1.95. The second-order valence-corrected chi connectivity index (χ2v) is 4.89. The molecule has 0 amide bonds. The lowest BCUT2D eigenvalue weighted by molar-refractivity contribution is 0.324. The number of nitrogens with two attached hydrogens (primary N) is 1. The first-order valence-electron chi connectivity index (χ1n) is 5.74. The van der Waals surface area contributed by atoms with Crippen LogP contribution in [0.3, 0.4) is 0 Å². The number of anilines is 1. The second-order valence-electron chi connectivity index (χ2n) is 3.80. The summed E-state index contributed by atoms with van der Waals surface area (Å²) in [4.78, 5) is 2.41. The molecule has 0 bridgehead atoms. The minimum absolute atomic E-state index is 0.826. The molecule has 0 aliphatic heterocycles. The van der Waals surface area contributed by atoms with Crippen LogP contribution in [0.25, 0.3) is 0 Å².